The maximum atomic E-state index is 11.9. The van der Waals surface area contributed by atoms with E-state index >= 15 is 0 Å². The van der Waals surface area contributed by atoms with Gasteiger partial charge >= 0.3 is 6.03 Å². The minimum absolute atomic E-state index is 0.194. The average Bonchev–Trinajstić information content (AvgIpc) is 2.32. The van der Waals surface area contributed by atoms with Crippen molar-refractivity contribution in [3.05, 3.63) is 23.9 Å². The highest BCUT2D eigenvalue weighted by molar-refractivity contribution is 5.88. The van der Waals surface area contributed by atoms with Gasteiger partial charge in [-0.15, -0.1) is 0 Å². The first-order valence-corrected chi connectivity index (χ1v) is 5.82. The summed E-state index contributed by atoms with van der Waals surface area (Å²) in [6.45, 7) is 3.03. The quantitative estimate of drug-likeness (QED) is 0.772. The van der Waals surface area contributed by atoms with Gasteiger partial charge in [0.15, 0.2) is 0 Å². The first-order chi connectivity index (χ1) is 8.15. The Labute approximate surface area is 100 Å². The highest BCUT2D eigenvalue weighted by Crippen LogP contribution is 2.12. The Balaban J connectivity index is 1.94. The molecule has 1 aliphatic heterocycles. The lowest BCUT2D eigenvalue weighted by Gasteiger charge is -2.29. The normalized spacial score (nSPS) is 20.1. The number of hydrogen-bond donors (Lipinski definition) is 2. The number of anilines is 1. The zero-order valence-corrected chi connectivity index (χ0v) is 9.89. The van der Waals surface area contributed by atoms with Gasteiger partial charge in [-0.1, -0.05) is 6.07 Å². The van der Waals surface area contributed by atoms with Gasteiger partial charge in [0.25, 0.3) is 0 Å². The van der Waals surface area contributed by atoms with E-state index in [-0.39, 0.29) is 6.03 Å². The standard InChI is InChI=1S/C12H17N3O2/c1-9-4-5-11(13-7-9)14-12(17)15-6-2-3-10(16)8-15/h4-5,7,10,16H,2-3,6,8H2,1H3,(H,13,14,17). The molecule has 92 valence electrons. The first-order valence-electron chi connectivity index (χ1n) is 5.82. The molecule has 1 fully saturated rings. The molecule has 17 heavy (non-hydrogen) atoms. The number of β-amino-alcohol motifs (C(OH)–C–C–N with tert-alkyl or cyclic N) is 1. The highest BCUT2D eigenvalue weighted by atomic mass is 16.3. The van der Waals surface area contributed by atoms with Gasteiger partial charge in [-0.25, -0.2) is 9.78 Å². The number of aliphatic hydroxyl groups is 1. The second-order valence-corrected chi connectivity index (χ2v) is 4.39. The number of aliphatic hydroxyl groups excluding tert-OH is 1. The number of pyridine rings is 1. The van der Waals surface area contributed by atoms with Crippen LogP contribution in [0.1, 0.15) is 18.4 Å². The number of aromatic nitrogens is 1. The van der Waals surface area contributed by atoms with Crippen LogP contribution in [0.15, 0.2) is 18.3 Å². The van der Waals surface area contributed by atoms with E-state index in [9.17, 15) is 9.90 Å². The van der Waals surface area contributed by atoms with Gasteiger partial charge in [0, 0.05) is 19.3 Å². The largest absolute Gasteiger partial charge is 0.391 e. The Hall–Kier alpha value is -1.62. The molecule has 2 heterocycles. The van der Waals surface area contributed by atoms with Gasteiger partial charge in [-0.2, -0.15) is 0 Å². The molecule has 0 saturated carbocycles. The second kappa shape index (κ2) is 5.14. The van der Waals surface area contributed by atoms with Gasteiger partial charge in [-0.05, 0) is 31.4 Å². The topological polar surface area (TPSA) is 65.5 Å². The number of aryl methyl sites for hydroxylation is 1. The molecule has 1 aromatic heterocycles. The molecule has 5 nitrogen and oxygen atoms in total. The summed E-state index contributed by atoms with van der Waals surface area (Å²) in [5.74, 6) is 0.542. The van der Waals surface area contributed by atoms with Crippen LogP contribution in [0.3, 0.4) is 0 Å². The predicted octanol–water partition coefficient (Wildman–Crippen LogP) is 1.38. The lowest BCUT2D eigenvalue weighted by Crippen LogP contribution is -2.44. The Kier molecular flexibility index (Phi) is 3.58. The van der Waals surface area contributed by atoms with Gasteiger partial charge in [0.1, 0.15) is 5.82 Å². The van der Waals surface area contributed by atoms with Crippen molar-refractivity contribution in [2.24, 2.45) is 0 Å². The SMILES string of the molecule is Cc1ccc(NC(=O)N2CCCC(O)C2)nc1. The van der Waals surface area contributed by atoms with Crippen molar-refractivity contribution in [3.63, 3.8) is 0 Å². The molecule has 1 unspecified atom stereocenters. The summed E-state index contributed by atoms with van der Waals surface area (Å²) < 4.78 is 0. The van der Waals surface area contributed by atoms with E-state index in [1.807, 2.05) is 13.0 Å². The van der Waals surface area contributed by atoms with Crippen LogP contribution in [-0.4, -0.2) is 40.2 Å². The first kappa shape index (κ1) is 11.9. The van der Waals surface area contributed by atoms with Crippen LogP contribution in [0.4, 0.5) is 10.6 Å². The summed E-state index contributed by atoms with van der Waals surface area (Å²) in [5, 5.41) is 12.2. The van der Waals surface area contributed by atoms with E-state index in [2.05, 4.69) is 10.3 Å². The molecule has 2 rings (SSSR count). The third-order valence-electron chi connectivity index (χ3n) is 2.83. The van der Waals surface area contributed by atoms with Crippen molar-refractivity contribution in [1.82, 2.24) is 9.88 Å². The van der Waals surface area contributed by atoms with Crippen LogP contribution in [0.2, 0.25) is 0 Å². The van der Waals surface area contributed by atoms with Crippen LogP contribution >= 0.6 is 0 Å². The molecule has 2 amide bonds. The fourth-order valence-corrected chi connectivity index (χ4v) is 1.87. The molecule has 1 aliphatic rings. The number of carbonyl (C=O) groups is 1. The molecular weight excluding hydrogens is 218 g/mol. The van der Waals surface area contributed by atoms with Crippen molar-refractivity contribution in [2.75, 3.05) is 18.4 Å². The molecule has 0 bridgehead atoms. The zero-order chi connectivity index (χ0) is 12.3. The summed E-state index contributed by atoms with van der Waals surface area (Å²) in [6.07, 6.45) is 2.92. The fourth-order valence-electron chi connectivity index (χ4n) is 1.87. The van der Waals surface area contributed by atoms with Gasteiger partial charge in [0.05, 0.1) is 6.10 Å². The predicted molar refractivity (Wildman–Crippen MR) is 64.8 cm³/mol. The highest BCUT2D eigenvalue weighted by Gasteiger charge is 2.22. The smallest absolute Gasteiger partial charge is 0.323 e. The van der Waals surface area contributed by atoms with Crippen LogP contribution in [0, 0.1) is 6.92 Å². The number of carbonyl (C=O) groups excluding carboxylic acids is 1. The Morgan fingerprint density at radius 3 is 3.06 bits per heavy atom. The Morgan fingerprint density at radius 1 is 1.59 bits per heavy atom. The van der Waals surface area contributed by atoms with Crippen LogP contribution < -0.4 is 5.32 Å². The summed E-state index contributed by atoms with van der Waals surface area (Å²) in [5.41, 5.74) is 1.05. The number of rotatable bonds is 1. The Bertz CT molecular complexity index is 391. The molecule has 0 aliphatic carbocycles. The zero-order valence-electron chi connectivity index (χ0n) is 9.89. The molecule has 0 radical (unpaired) electrons. The number of nitrogens with zero attached hydrogens (tertiary/aromatic N) is 2. The monoisotopic (exact) mass is 235 g/mol. The summed E-state index contributed by atoms with van der Waals surface area (Å²) in [7, 11) is 0. The second-order valence-electron chi connectivity index (χ2n) is 4.39. The van der Waals surface area contributed by atoms with E-state index in [0.29, 0.717) is 18.9 Å². The van der Waals surface area contributed by atoms with E-state index in [1.165, 1.54) is 0 Å². The minimum Gasteiger partial charge on any atom is -0.391 e. The number of urea groups is 1. The van der Waals surface area contributed by atoms with Crippen molar-refractivity contribution in [1.29, 1.82) is 0 Å². The third kappa shape index (κ3) is 3.17. The van der Waals surface area contributed by atoms with Crippen molar-refractivity contribution in [3.8, 4) is 0 Å². The molecular formula is C12H17N3O2. The number of piperidine rings is 1. The van der Waals surface area contributed by atoms with Gasteiger partial charge in [-0.3, -0.25) is 5.32 Å². The maximum Gasteiger partial charge on any atom is 0.323 e. The number of hydrogen-bond acceptors (Lipinski definition) is 3. The number of nitrogens with one attached hydrogen (secondary N) is 1. The third-order valence-corrected chi connectivity index (χ3v) is 2.83. The summed E-state index contributed by atoms with van der Waals surface area (Å²) in [4.78, 5) is 17.6. The molecule has 0 aromatic carbocycles. The van der Waals surface area contributed by atoms with E-state index < -0.39 is 6.10 Å². The van der Waals surface area contributed by atoms with Crippen LogP contribution in [-0.2, 0) is 0 Å². The molecule has 1 aromatic rings. The van der Waals surface area contributed by atoms with Crippen molar-refractivity contribution >= 4 is 11.8 Å². The van der Waals surface area contributed by atoms with Crippen LogP contribution in [0.25, 0.3) is 0 Å². The minimum atomic E-state index is -0.402. The lowest BCUT2D eigenvalue weighted by atomic mass is 10.1. The van der Waals surface area contributed by atoms with Gasteiger partial charge in [0.2, 0.25) is 0 Å². The molecule has 0 spiro atoms. The van der Waals surface area contributed by atoms with Crippen molar-refractivity contribution < 1.29 is 9.90 Å². The average molecular weight is 235 g/mol. The number of amides is 2. The molecule has 2 N–H and O–H groups in total. The summed E-state index contributed by atoms with van der Waals surface area (Å²) >= 11 is 0. The molecule has 5 heteroatoms. The maximum absolute atomic E-state index is 11.9. The van der Waals surface area contributed by atoms with E-state index in [1.54, 1.807) is 17.2 Å². The van der Waals surface area contributed by atoms with Crippen molar-refractivity contribution in [2.45, 2.75) is 25.9 Å². The number of likely N-dealkylation sites (tertiary alicyclic amines) is 1. The summed E-state index contributed by atoms with van der Waals surface area (Å²) in [6, 6.07) is 3.47. The fraction of sp³-hybridized carbons (Fsp3) is 0.500. The van der Waals surface area contributed by atoms with Gasteiger partial charge < -0.3 is 10.0 Å². The molecule has 1 saturated heterocycles. The van der Waals surface area contributed by atoms with E-state index in [0.717, 1.165) is 18.4 Å². The molecule has 1 atom stereocenters. The van der Waals surface area contributed by atoms with Crippen LogP contribution in [0.5, 0.6) is 0 Å². The Morgan fingerprint density at radius 2 is 2.41 bits per heavy atom. The lowest BCUT2D eigenvalue weighted by molar-refractivity contribution is 0.0883. The van der Waals surface area contributed by atoms with E-state index in [4.69, 9.17) is 0 Å².